The fourth-order valence-electron chi connectivity index (χ4n) is 1.94. The summed E-state index contributed by atoms with van der Waals surface area (Å²) in [6.45, 7) is 5.45. The van der Waals surface area contributed by atoms with E-state index < -0.39 is 0 Å². The molecule has 0 aliphatic carbocycles. The number of anilines is 1. The molecule has 0 radical (unpaired) electrons. The fourth-order valence-corrected chi connectivity index (χ4v) is 2.11. The standard InChI is InChI=1S/C12H18N4OS/c1-8-6-9(2)15-11(14-8)16-12(18)13-7-10-4-3-5-17-10/h6,10H,3-5,7H2,1-2H3,(H2,13,14,15,16,18). The van der Waals surface area contributed by atoms with Gasteiger partial charge in [-0.1, -0.05) is 0 Å². The van der Waals surface area contributed by atoms with E-state index in [1.807, 2.05) is 19.9 Å². The van der Waals surface area contributed by atoms with Crippen molar-refractivity contribution in [3.63, 3.8) is 0 Å². The van der Waals surface area contributed by atoms with Crippen LogP contribution in [0.15, 0.2) is 6.07 Å². The van der Waals surface area contributed by atoms with Gasteiger partial charge in [-0.2, -0.15) is 0 Å². The molecular weight excluding hydrogens is 248 g/mol. The largest absolute Gasteiger partial charge is 0.376 e. The summed E-state index contributed by atoms with van der Waals surface area (Å²) in [6, 6.07) is 1.92. The molecule has 0 amide bonds. The van der Waals surface area contributed by atoms with Crippen molar-refractivity contribution in [2.24, 2.45) is 0 Å². The Hall–Kier alpha value is -1.27. The highest BCUT2D eigenvalue weighted by atomic mass is 32.1. The SMILES string of the molecule is Cc1cc(C)nc(NC(=S)NCC2CCCO2)n1. The van der Waals surface area contributed by atoms with Crippen LogP contribution in [0.1, 0.15) is 24.2 Å². The molecule has 2 N–H and O–H groups in total. The van der Waals surface area contributed by atoms with Crippen LogP contribution in [0.5, 0.6) is 0 Å². The van der Waals surface area contributed by atoms with Crippen LogP contribution in [-0.4, -0.2) is 34.3 Å². The zero-order valence-corrected chi connectivity index (χ0v) is 11.5. The van der Waals surface area contributed by atoms with Crippen LogP contribution in [0.2, 0.25) is 0 Å². The van der Waals surface area contributed by atoms with Crippen molar-refractivity contribution >= 4 is 23.3 Å². The molecule has 0 bridgehead atoms. The summed E-state index contributed by atoms with van der Waals surface area (Å²) >= 11 is 5.20. The van der Waals surface area contributed by atoms with E-state index in [1.54, 1.807) is 0 Å². The normalized spacial score (nSPS) is 18.7. The second-order valence-electron chi connectivity index (χ2n) is 4.44. The molecule has 0 aromatic carbocycles. The zero-order chi connectivity index (χ0) is 13.0. The van der Waals surface area contributed by atoms with E-state index in [0.29, 0.717) is 11.1 Å². The van der Waals surface area contributed by atoms with Crippen LogP contribution < -0.4 is 10.6 Å². The van der Waals surface area contributed by atoms with E-state index >= 15 is 0 Å². The summed E-state index contributed by atoms with van der Waals surface area (Å²) in [5, 5.41) is 6.65. The maximum absolute atomic E-state index is 5.51. The molecule has 1 saturated heterocycles. The van der Waals surface area contributed by atoms with Gasteiger partial charge in [0.2, 0.25) is 5.95 Å². The third-order valence-electron chi connectivity index (χ3n) is 2.72. The quantitative estimate of drug-likeness (QED) is 0.810. The first kappa shape index (κ1) is 13.2. The summed E-state index contributed by atoms with van der Waals surface area (Å²) in [6.07, 6.45) is 2.49. The average molecular weight is 266 g/mol. The van der Waals surface area contributed by atoms with Gasteiger partial charge in [-0.15, -0.1) is 0 Å². The van der Waals surface area contributed by atoms with Crippen molar-refractivity contribution in [3.8, 4) is 0 Å². The molecule has 1 aromatic rings. The molecule has 1 aromatic heterocycles. The van der Waals surface area contributed by atoms with Gasteiger partial charge in [0.15, 0.2) is 5.11 Å². The van der Waals surface area contributed by atoms with Crippen molar-refractivity contribution in [2.75, 3.05) is 18.5 Å². The van der Waals surface area contributed by atoms with Crippen LogP contribution in [0.25, 0.3) is 0 Å². The van der Waals surface area contributed by atoms with E-state index in [2.05, 4.69) is 20.6 Å². The van der Waals surface area contributed by atoms with Gasteiger partial charge in [-0.25, -0.2) is 9.97 Å². The van der Waals surface area contributed by atoms with Gasteiger partial charge in [0.1, 0.15) is 0 Å². The van der Waals surface area contributed by atoms with Gasteiger partial charge in [-0.05, 0) is 45.0 Å². The topological polar surface area (TPSA) is 59.1 Å². The molecule has 2 heterocycles. The van der Waals surface area contributed by atoms with Crippen LogP contribution in [-0.2, 0) is 4.74 Å². The summed E-state index contributed by atoms with van der Waals surface area (Å²) in [5.41, 5.74) is 1.85. The highest BCUT2D eigenvalue weighted by Gasteiger charge is 2.15. The van der Waals surface area contributed by atoms with Gasteiger partial charge in [-0.3, -0.25) is 0 Å². The second kappa shape index (κ2) is 6.06. The number of ether oxygens (including phenoxy) is 1. The highest BCUT2D eigenvalue weighted by Crippen LogP contribution is 2.10. The van der Waals surface area contributed by atoms with Crippen LogP contribution in [0.3, 0.4) is 0 Å². The first-order valence-corrected chi connectivity index (χ1v) is 6.53. The third kappa shape index (κ3) is 3.89. The zero-order valence-electron chi connectivity index (χ0n) is 10.7. The first-order chi connectivity index (χ1) is 8.63. The number of hydrogen-bond donors (Lipinski definition) is 2. The van der Waals surface area contributed by atoms with Crippen molar-refractivity contribution < 1.29 is 4.74 Å². The molecule has 2 rings (SSSR count). The van der Waals surface area contributed by atoms with Crippen LogP contribution in [0, 0.1) is 13.8 Å². The summed E-state index contributed by atoms with van der Waals surface area (Å²) in [5.74, 6) is 0.539. The molecule has 0 saturated carbocycles. The lowest BCUT2D eigenvalue weighted by molar-refractivity contribution is 0.114. The molecule has 1 fully saturated rings. The Kier molecular flexibility index (Phi) is 4.43. The predicted molar refractivity (Wildman–Crippen MR) is 74.7 cm³/mol. The van der Waals surface area contributed by atoms with E-state index in [4.69, 9.17) is 17.0 Å². The number of nitrogens with one attached hydrogen (secondary N) is 2. The molecule has 5 nitrogen and oxygen atoms in total. The Bertz CT molecular complexity index is 412. The summed E-state index contributed by atoms with van der Waals surface area (Å²) in [4.78, 5) is 8.55. The first-order valence-electron chi connectivity index (χ1n) is 6.12. The predicted octanol–water partition coefficient (Wildman–Crippen LogP) is 1.56. The van der Waals surface area contributed by atoms with Gasteiger partial charge < -0.3 is 15.4 Å². The molecule has 0 spiro atoms. The minimum atomic E-state index is 0.268. The highest BCUT2D eigenvalue weighted by molar-refractivity contribution is 7.80. The van der Waals surface area contributed by atoms with E-state index in [0.717, 1.165) is 37.4 Å². The number of hydrogen-bond acceptors (Lipinski definition) is 4. The smallest absolute Gasteiger partial charge is 0.229 e. The monoisotopic (exact) mass is 266 g/mol. The van der Waals surface area contributed by atoms with Crippen molar-refractivity contribution in [3.05, 3.63) is 17.5 Å². The van der Waals surface area contributed by atoms with Gasteiger partial charge in [0.05, 0.1) is 6.10 Å². The number of aromatic nitrogens is 2. The molecule has 98 valence electrons. The summed E-state index contributed by atoms with van der Waals surface area (Å²) in [7, 11) is 0. The van der Waals surface area contributed by atoms with Crippen LogP contribution >= 0.6 is 12.2 Å². The maximum Gasteiger partial charge on any atom is 0.229 e. The Morgan fingerprint density at radius 1 is 1.44 bits per heavy atom. The second-order valence-corrected chi connectivity index (χ2v) is 4.85. The van der Waals surface area contributed by atoms with Crippen molar-refractivity contribution in [1.29, 1.82) is 0 Å². The number of aryl methyl sites for hydroxylation is 2. The van der Waals surface area contributed by atoms with E-state index in [-0.39, 0.29) is 6.10 Å². The van der Waals surface area contributed by atoms with Crippen LogP contribution in [0.4, 0.5) is 5.95 Å². The Labute approximate surface area is 112 Å². The van der Waals surface area contributed by atoms with Gasteiger partial charge in [0.25, 0.3) is 0 Å². The Morgan fingerprint density at radius 3 is 2.78 bits per heavy atom. The number of thiocarbonyl (C=S) groups is 1. The van der Waals surface area contributed by atoms with Crippen molar-refractivity contribution in [2.45, 2.75) is 32.8 Å². The molecule has 1 aliphatic rings. The lowest BCUT2D eigenvalue weighted by Gasteiger charge is -2.13. The Balaban J connectivity index is 1.82. The molecule has 1 atom stereocenters. The van der Waals surface area contributed by atoms with E-state index in [1.165, 1.54) is 0 Å². The lowest BCUT2D eigenvalue weighted by atomic mass is 10.2. The summed E-state index contributed by atoms with van der Waals surface area (Å²) < 4.78 is 5.51. The van der Waals surface area contributed by atoms with Gasteiger partial charge in [0, 0.05) is 24.5 Å². The van der Waals surface area contributed by atoms with Crippen molar-refractivity contribution in [1.82, 2.24) is 15.3 Å². The molecule has 6 heteroatoms. The molecular formula is C12H18N4OS. The molecule has 1 aliphatic heterocycles. The Morgan fingerprint density at radius 2 is 2.17 bits per heavy atom. The fraction of sp³-hybridized carbons (Fsp3) is 0.583. The maximum atomic E-state index is 5.51. The van der Waals surface area contributed by atoms with E-state index in [9.17, 15) is 0 Å². The number of nitrogens with zero attached hydrogens (tertiary/aromatic N) is 2. The minimum Gasteiger partial charge on any atom is -0.376 e. The molecule has 18 heavy (non-hydrogen) atoms. The van der Waals surface area contributed by atoms with Gasteiger partial charge >= 0.3 is 0 Å². The molecule has 1 unspecified atom stereocenters. The average Bonchev–Trinajstić information content (AvgIpc) is 2.77. The number of rotatable bonds is 3. The third-order valence-corrected chi connectivity index (χ3v) is 2.97. The minimum absolute atomic E-state index is 0.268. The lowest BCUT2D eigenvalue weighted by Crippen LogP contribution is -2.35.